The highest BCUT2D eigenvalue weighted by molar-refractivity contribution is 6.35. The van der Waals surface area contributed by atoms with Crippen molar-refractivity contribution >= 4 is 28.3 Å². The molecule has 3 aromatic heterocycles. The van der Waals surface area contributed by atoms with Gasteiger partial charge in [0.1, 0.15) is 23.7 Å². The van der Waals surface area contributed by atoms with Crippen molar-refractivity contribution in [1.82, 2.24) is 25.1 Å². The van der Waals surface area contributed by atoms with Gasteiger partial charge in [-0.3, -0.25) is 10.1 Å². The van der Waals surface area contributed by atoms with E-state index in [-0.39, 0.29) is 24.1 Å². The second-order valence-corrected chi connectivity index (χ2v) is 9.18. The van der Waals surface area contributed by atoms with Crippen LogP contribution in [0.5, 0.6) is 5.88 Å². The Morgan fingerprint density at radius 2 is 1.78 bits per heavy atom. The molecule has 0 unspecified atom stereocenters. The van der Waals surface area contributed by atoms with Gasteiger partial charge < -0.3 is 15.6 Å². The van der Waals surface area contributed by atoms with Gasteiger partial charge in [-0.15, -0.1) is 0 Å². The number of rotatable bonds is 6. The Balaban J connectivity index is 1.58. The molecule has 5 rings (SSSR count). The third-order valence-electron chi connectivity index (χ3n) is 5.57. The summed E-state index contributed by atoms with van der Waals surface area (Å²) in [6, 6.07) is 14.8. The number of aromatic nitrogens is 5. The average Bonchev–Trinajstić information content (AvgIpc) is 3.33. The Labute approximate surface area is 211 Å². The standard InChI is InChI=1S/C26H22ClFN6O2/c1-26(2,35)20-5-3-4-18(31-20)13-36-25-24(29)32-22(14-6-8-17(28)9-7-14)23(33-25)15-10-16-12-30-34-21(16)19(27)11-15/h3-12,35H,13H2,1-2H3,(H2,29,32)(H,30,34). The van der Waals surface area contributed by atoms with E-state index in [9.17, 15) is 9.50 Å². The number of hydrogen-bond donors (Lipinski definition) is 3. The van der Waals surface area contributed by atoms with Crippen molar-refractivity contribution in [3.63, 3.8) is 0 Å². The predicted octanol–water partition coefficient (Wildman–Crippen LogP) is 5.26. The Hall–Kier alpha value is -4.08. The highest BCUT2D eigenvalue weighted by Gasteiger charge is 2.20. The normalized spacial score (nSPS) is 11.7. The second kappa shape index (κ2) is 9.18. The molecule has 0 amide bonds. The summed E-state index contributed by atoms with van der Waals surface area (Å²) < 4.78 is 19.5. The Morgan fingerprint density at radius 1 is 1.03 bits per heavy atom. The molecule has 4 N–H and O–H groups in total. The lowest BCUT2D eigenvalue weighted by Crippen LogP contribution is -2.18. The highest BCUT2D eigenvalue weighted by atomic mass is 35.5. The largest absolute Gasteiger partial charge is 0.469 e. The van der Waals surface area contributed by atoms with Crippen LogP contribution >= 0.6 is 11.6 Å². The van der Waals surface area contributed by atoms with Crippen LogP contribution in [-0.2, 0) is 12.2 Å². The fourth-order valence-corrected chi connectivity index (χ4v) is 4.01. The van der Waals surface area contributed by atoms with Gasteiger partial charge >= 0.3 is 0 Å². The van der Waals surface area contributed by atoms with Gasteiger partial charge in [0.15, 0.2) is 5.82 Å². The van der Waals surface area contributed by atoms with E-state index in [1.54, 1.807) is 56.4 Å². The number of nitrogens with zero attached hydrogens (tertiary/aromatic N) is 4. The van der Waals surface area contributed by atoms with Gasteiger partial charge in [0.25, 0.3) is 5.88 Å². The minimum atomic E-state index is -1.09. The van der Waals surface area contributed by atoms with E-state index in [0.29, 0.717) is 44.4 Å². The van der Waals surface area contributed by atoms with Crippen LogP contribution in [0.3, 0.4) is 0 Å². The van der Waals surface area contributed by atoms with E-state index in [2.05, 4.69) is 25.1 Å². The van der Waals surface area contributed by atoms with Crippen molar-refractivity contribution < 1.29 is 14.2 Å². The van der Waals surface area contributed by atoms with Crippen molar-refractivity contribution in [1.29, 1.82) is 0 Å². The minimum absolute atomic E-state index is 0.0552. The van der Waals surface area contributed by atoms with Crippen molar-refractivity contribution in [2.24, 2.45) is 0 Å². The molecule has 0 radical (unpaired) electrons. The number of aromatic amines is 1. The maximum Gasteiger partial charge on any atom is 0.258 e. The van der Waals surface area contributed by atoms with E-state index < -0.39 is 5.60 Å². The first kappa shape index (κ1) is 23.7. The molecule has 0 aliphatic carbocycles. The number of nitrogens with two attached hydrogens (primary N) is 1. The van der Waals surface area contributed by atoms with Crippen LogP contribution < -0.4 is 10.5 Å². The number of pyridine rings is 1. The van der Waals surface area contributed by atoms with E-state index in [1.165, 1.54) is 12.1 Å². The van der Waals surface area contributed by atoms with Crippen LogP contribution in [0.1, 0.15) is 25.2 Å². The quantitative estimate of drug-likeness (QED) is 0.288. The summed E-state index contributed by atoms with van der Waals surface area (Å²) in [6.07, 6.45) is 1.66. The molecule has 0 bridgehead atoms. The molecule has 3 heterocycles. The molecule has 10 heteroatoms. The SMILES string of the molecule is CC(C)(O)c1cccc(COc2nc(-c3cc(Cl)c4[nH]ncc4c3)c(-c3ccc(F)cc3)nc2N)n1. The van der Waals surface area contributed by atoms with E-state index in [1.807, 2.05) is 6.07 Å². The van der Waals surface area contributed by atoms with Gasteiger partial charge in [-0.25, -0.2) is 14.4 Å². The summed E-state index contributed by atoms with van der Waals surface area (Å²) in [6.45, 7) is 3.37. The lowest BCUT2D eigenvalue weighted by molar-refractivity contribution is 0.0734. The molecule has 0 aliphatic rings. The molecular weight excluding hydrogens is 483 g/mol. The first-order chi connectivity index (χ1) is 17.2. The molecule has 36 heavy (non-hydrogen) atoms. The number of halogens is 2. The van der Waals surface area contributed by atoms with Crippen LogP contribution in [0.2, 0.25) is 5.02 Å². The fourth-order valence-electron chi connectivity index (χ4n) is 3.74. The molecule has 0 saturated heterocycles. The van der Waals surface area contributed by atoms with Gasteiger partial charge in [0, 0.05) is 16.5 Å². The summed E-state index contributed by atoms with van der Waals surface area (Å²) in [4.78, 5) is 13.7. The molecular formula is C26H22ClFN6O2. The number of ether oxygens (including phenoxy) is 1. The van der Waals surface area contributed by atoms with Crippen molar-refractivity contribution in [3.05, 3.63) is 83.0 Å². The van der Waals surface area contributed by atoms with Gasteiger partial charge in [0.05, 0.1) is 33.8 Å². The molecule has 0 fully saturated rings. The number of nitrogen functional groups attached to an aromatic ring is 1. The lowest BCUT2D eigenvalue weighted by atomic mass is 10.0. The van der Waals surface area contributed by atoms with Crippen LogP contribution in [0.25, 0.3) is 33.4 Å². The van der Waals surface area contributed by atoms with Crippen LogP contribution in [0.15, 0.2) is 60.8 Å². The Bertz CT molecular complexity index is 1560. The minimum Gasteiger partial charge on any atom is -0.469 e. The van der Waals surface area contributed by atoms with Gasteiger partial charge in [-0.1, -0.05) is 17.7 Å². The smallest absolute Gasteiger partial charge is 0.258 e. The first-order valence-corrected chi connectivity index (χ1v) is 11.4. The number of hydrogen-bond acceptors (Lipinski definition) is 7. The summed E-state index contributed by atoms with van der Waals surface area (Å²) in [7, 11) is 0. The average molecular weight is 505 g/mol. The molecule has 0 spiro atoms. The van der Waals surface area contributed by atoms with E-state index in [0.717, 1.165) is 5.39 Å². The second-order valence-electron chi connectivity index (χ2n) is 8.77. The monoisotopic (exact) mass is 504 g/mol. The van der Waals surface area contributed by atoms with Crippen LogP contribution in [-0.4, -0.2) is 30.3 Å². The third-order valence-corrected chi connectivity index (χ3v) is 5.87. The molecule has 0 aliphatic heterocycles. The van der Waals surface area contributed by atoms with Crippen LogP contribution in [0.4, 0.5) is 10.2 Å². The molecule has 2 aromatic carbocycles. The lowest BCUT2D eigenvalue weighted by Gasteiger charge is -2.17. The number of anilines is 1. The third kappa shape index (κ3) is 4.71. The van der Waals surface area contributed by atoms with Gasteiger partial charge in [-0.05, 0) is 62.4 Å². The number of nitrogens with one attached hydrogen (secondary N) is 1. The summed E-state index contributed by atoms with van der Waals surface area (Å²) in [5, 5.41) is 18.4. The zero-order chi connectivity index (χ0) is 25.4. The zero-order valence-corrected chi connectivity index (χ0v) is 20.2. The number of aliphatic hydroxyl groups is 1. The van der Waals surface area contributed by atoms with Crippen LogP contribution in [0, 0.1) is 5.82 Å². The Morgan fingerprint density at radius 3 is 2.53 bits per heavy atom. The van der Waals surface area contributed by atoms with Gasteiger partial charge in [-0.2, -0.15) is 5.10 Å². The Kier molecular flexibility index (Phi) is 6.03. The molecule has 8 nitrogen and oxygen atoms in total. The highest BCUT2D eigenvalue weighted by Crippen LogP contribution is 2.36. The molecule has 5 aromatic rings. The number of fused-ring (bicyclic) bond motifs is 1. The fraction of sp³-hybridized carbons (Fsp3) is 0.154. The molecule has 182 valence electrons. The van der Waals surface area contributed by atoms with Gasteiger partial charge in [0.2, 0.25) is 0 Å². The summed E-state index contributed by atoms with van der Waals surface area (Å²) >= 11 is 6.48. The van der Waals surface area contributed by atoms with Crippen molar-refractivity contribution in [2.45, 2.75) is 26.1 Å². The van der Waals surface area contributed by atoms with Crippen molar-refractivity contribution in [2.75, 3.05) is 5.73 Å². The number of H-pyrrole nitrogens is 1. The molecule has 0 saturated carbocycles. The first-order valence-electron chi connectivity index (χ1n) is 11.1. The van der Waals surface area contributed by atoms with E-state index in [4.69, 9.17) is 22.1 Å². The molecule has 0 atom stereocenters. The summed E-state index contributed by atoms with van der Waals surface area (Å²) in [5.74, 6) is -0.202. The topological polar surface area (TPSA) is 123 Å². The van der Waals surface area contributed by atoms with E-state index >= 15 is 0 Å². The van der Waals surface area contributed by atoms with Crippen molar-refractivity contribution in [3.8, 4) is 28.4 Å². The predicted molar refractivity (Wildman–Crippen MR) is 136 cm³/mol. The summed E-state index contributed by atoms with van der Waals surface area (Å²) in [5.41, 5.74) is 9.11. The number of benzene rings is 2. The maximum atomic E-state index is 13.6. The zero-order valence-electron chi connectivity index (χ0n) is 19.5. The maximum absolute atomic E-state index is 13.6.